The van der Waals surface area contributed by atoms with Crippen LogP contribution >= 0.6 is 23.2 Å². The molecule has 1 unspecified atom stereocenters. The molecular formula is C15H24Cl2N4. The summed E-state index contributed by atoms with van der Waals surface area (Å²) in [5, 5.41) is 7.71. The zero-order valence-corrected chi connectivity index (χ0v) is 14.5. The van der Waals surface area contributed by atoms with Gasteiger partial charge in [0.15, 0.2) is 5.96 Å². The molecule has 1 aromatic rings. The zero-order chi connectivity index (χ0) is 16.0. The Kier molecular flexibility index (Phi) is 6.78. The van der Waals surface area contributed by atoms with Gasteiger partial charge in [-0.15, -0.1) is 0 Å². The zero-order valence-electron chi connectivity index (χ0n) is 13.0. The van der Waals surface area contributed by atoms with Crippen molar-refractivity contribution in [3.63, 3.8) is 0 Å². The van der Waals surface area contributed by atoms with E-state index in [1.165, 1.54) is 0 Å². The molecule has 1 atom stereocenters. The van der Waals surface area contributed by atoms with Crippen LogP contribution < -0.4 is 16.4 Å². The van der Waals surface area contributed by atoms with Gasteiger partial charge in [-0.2, -0.15) is 0 Å². The lowest BCUT2D eigenvalue weighted by Crippen LogP contribution is -2.38. The lowest BCUT2D eigenvalue weighted by atomic mass is 10.1. The molecule has 6 heteroatoms. The lowest BCUT2D eigenvalue weighted by Gasteiger charge is -2.20. The molecule has 0 aliphatic heterocycles. The van der Waals surface area contributed by atoms with Crippen LogP contribution in [0.15, 0.2) is 23.2 Å². The maximum absolute atomic E-state index is 6.17. The summed E-state index contributed by atoms with van der Waals surface area (Å²) in [5.41, 5.74) is 6.91. The van der Waals surface area contributed by atoms with E-state index in [4.69, 9.17) is 28.9 Å². The second-order valence-corrected chi connectivity index (χ2v) is 6.82. The van der Waals surface area contributed by atoms with Gasteiger partial charge in [-0.1, -0.05) is 29.3 Å². The third kappa shape index (κ3) is 7.02. The van der Waals surface area contributed by atoms with E-state index < -0.39 is 0 Å². The van der Waals surface area contributed by atoms with E-state index in [1.54, 1.807) is 6.07 Å². The minimum Gasteiger partial charge on any atom is -0.370 e. The number of guanidine groups is 1. The number of nitrogens with zero attached hydrogens (tertiary/aromatic N) is 1. The molecule has 1 aromatic carbocycles. The number of nitrogens with one attached hydrogen (secondary N) is 2. The molecule has 0 radical (unpaired) electrons. The van der Waals surface area contributed by atoms with Crippen molar-refractivity contribution in [2.75, 3.05) is 13.1 Å². The molecule has 4 nitrogen and oxygen atoms in total. The molecule has 0 aromatic heterocycles. The smallest absolute Gasteiger partial charge is 0.189 e. The van der Waals surface area contributed by atoms with Gasteiger partial charge >= 0.3 is 0 Å². The standard InChI is InChI=1S/C15H24Cl2N4/c1-10(12-6-5-11(16)9-13(12)17)21-14(18)19-7-8-20-15(2,3)4/h5-6,9-10,20H,7-8H2,1-4H3,(H3,18,19,21). The first kappa shape index (κ1) is 18.1. The Morgan fingerprint density at radius 3 is 2.57 bits per heavy atom. The van der Waals surface area contributed by atoms with Crippen molar-refractivity contribution < 1.29 is 0 Å². The summed E-state index contributed by atoms with van der Waals surface area (Å²) in [4.78, 5) is 4.29. The maximum Gasteiger partial charge on any atom is 0.189 e. The number of nitrogens with two attached hydrogens (primary N) is 1. The third-order valence-corrected chi connectivity index (χ3v) is 3.41. The van der Waals surface area contributed by atoms with Crippen LogP contribution in [-0.4, -0.2) is 24.6 Å². The highest BCUT2D eigenvalue weighted by Gasteiger charge is 2.11. The fourth-order valence-electron chi connectivity index (χ4n) is 1.81. The van der Waals surface area contributed by atoms with Crippen molar-refractivity contribution in [1.82, 2.24) is 10.6 Å². The SMILES string of the molecule is CC(NC(N)=NCCNC(C)(C)C)c1ccc(Cl)cc1Cl. The Bertz CT molecular complexity index is 495. The summed E-state index contributed by atoms with van der Waals surface area (Å²) in [7, 11) is 0. The predicted molar refractivity (Wildman–Crippen MR) is 92.3 cm³/mol. The number of hydrogen-bond donors (Lipinski definition) is 3. The van der Waals surface area contributed by atoms with E-state index in [0.29, 0.717) is 22.5 Å². The van der Waals surface area contributed by atoms with Gasteiger partial charge in [-0.3, -0.25) is 4.99 Å². The average molecular weight is 331 g/mol. The Balaban J connectivity index is 2.51. The molecule has 21 heavy (non-hydrogen) atoms. The number of halogens is 2. The van der Waals surface area contributed by atoms with Crippen LogP contribution in [0.2, 0.25) is 10.0 Å². The monoisotopic (exact) mass is 330 g/mol. The Morgan fingerprint density at radius 1 is 1.33 bits per heavy atom. The first-order chi connectivity index (χ1) is 9.69. The summed E-state index contributed by atoms with van der Waals surface area (Å²) in [6.45, 7) is 9.72. The Hall–Kier alpha value is -0.970. The molecule has 4 N–H and O–H groups in total. The molecule has 0 heterocycles. The Labute approximate surface area is 137 Å². The Morgan fingerprint density at radius 2 is 2.00 bits per heavy atom. The van der Waals surface area contributed by atoms with Gasteiger partial charge in [0.2, 0.25) is 0 Å². The molecule has 0 saturated heterocycles. The van der Waals surface area contributed by atoms with Crippen LogP contribution in [0.4, 0.5) is 0 Å². The van der Waals surface area contributed by atoms with Crippen molar-refractivity contribution in [3.05, 3.63) is 33.8 Å². The van der Waals surface area contributed by atoms with E-state index in [0.717, 1.165) is 12.1 Å². The van der Waals surface area contributed by atoms with E-state index in [-0.39, 0.29) is 11.6 Å². The average Bonchev–Trinajstić information content (AvgIpc) is 2.33. The van der Waals surface area contributed by atoms with Gasteiger partial charge in [0.25, 0.3) is 0 Å². The van der Waals surface area contributed by atoms with Gasteiger partial charge in [-0.05, 0) is 45.4 Å². The second-order valence-electron chi connectivity index (χ2n) is 5.98. The summed E-state index contributed by atoms with van der Waals surface area (Å²) in [6.07, 6.45) is 0. The van der Waals surface area contributed by atoms with E-state index in [9.17, 15) is 0 Å². The van der Waals surface area contributed by atoms with Crippen LogP contribution in [0.25, 0.3) is 0 Å². The van der Waals surface area contributed by atoms with Crippen molar-refractivity contribution >= 4 is 29.2 Å². The molecule has 0 aliphatic carbocycles. The van der Waals surface area contributed by atoms with Gasteiger partial charge in [0.05, 0.1) is 12.6 Å². The quantitative estimate of drug-likeness (QED) is 0.440. The van der Waals surface area contributed by atoms with Crippen LogP contribution in [0.5, 0.6) is 0 Å². The topological polar surface area (TPSA) is 62.4 Å². The van der Waals surface area contributed by atoms with Gasteiger partial charge in [-0.25, -0.2) is 0 Å². The largest absolute Gasteiger partial charge is 0.370 e. The number of rotatable bonds is 5. The highest BCUT2D eigenvalue weighted by Crippen LogP contribution is 2.25. The molecule has 1 rings (SSSR count). The van der Waals surface area contributed by atoms with Gasteiger partial charge in [0, 0.05) is 22.1 Å². The second kappa shape index (κ2) is 7.87. The van der Waals surface area contributed by atoms with Crippen LogP contribution in [0, 0.1) is 0 Å². The molecule has 118 valence electrons. The lowest BCUT2D eigenvalue weighted by molar-refractivity contribution is 0.432. The van der Waals surface area contributed by atoms with Crippen molar-refractivity contribution in [3.8, 4) is 0 Å². The normalized spacial score (nSPS) is 14.1. The summed E-state index contributed by atoms with van der Waals surface area (Å²) in [5.74, 6) is 0.407. The van der Waals surface area contributed by atoms with Crippen molar-refractivity contribution in [1.29, 1.82) is 0 Å². The minimum atomic E-state index is -0.0332. The number of hydrogen-bond acceptors (Lipinski definition) is 2. The summed E-state index contributed by atoms with van der Waals surface area (Å²) < 4.78 is 0. The van der Waals surface area contributed by atoms with Gasteiger partial charge < -0.3 is 16.4 Å². The fourth-order valence-corrected chi connectivity index (χ4v) is 2.38. The first-order valence-corrected chi connectivity index (χ1v) is 7.71. The molecular weight excluding hydrogens is 307 g/mol. The van der Waals surface area contributed by atoms with E-state index in [1.807, 2.05) is 19.1 Å². The van der Waals surface area contributed by atoms with Gasteiger partial charge in [0.1, 0.15) is 0 Å². The summed E-state index contributed by atoms with van der Waals surface area (Å²) in [6, 6.07) is 5.38. The van der Waals surface area contributed by atoms with Crippen molar-refractivity contribution in [2.24, 2.45) is 10.7 Å². The van der Waals surface area contributed by atoms with E-state index >= 15 is 0 Å². The molecule has 0 aliphatic rings. The molecule has 0 spiro atoms. The van der Waals surface area contributed by atoms with Crippen molar-refractivity contribution in [2.45, 2.75) is 39.3 Å². The predicted octanol–water partition coefficient (Wildman–Crippen LogP) is 3.35. The van der Waals surface area contributed by atoms with Crippen LogP contribution in [0.3, 0.4) is 0 Å². The highest BCUT2D eigenvalue weighted by molar-refractivity contribution is 6.35. The van der Waals surface area contributed by atoms with Crippen LogP contribution in [0.1, 0.15) is 39.3 Å². The highest BCUT2D eigenvalue weighted by atomic mass is 35.5. The van der Waals surface area contributed by atoms with E-state index in [2.05, 4.69) is 36.4 Å². The first-order valence-electron chi connectivity index (χ1n) is 6.95. The van der Waals surface area contributed by atoms with Crippen LogP contribution in [-0.2, 0) is 0 Å². The molecule has 0 saturated carbocycles. The summed E-state index contributed by atoms with van der Waals surface area (Å²) >= 11 is 12.1. The fraction of sp³-hybridized carbons (Fsp3) is 0.533. The number of benzene rings is 1. The molecule has 0 fully saturated rings. The molecule has 0 bridgehead atoms. The maximum atomic E-state index is 6.17. The molecule has 0 amide bonds. The third-order valence-electron chi connectivity index (χ3n) is 2.84. The number of aliphatic imine (C=N–C) groups is 1. The minimum absolute atomic E-state index is 0.0332.